The first-order valence-electron chi connectivity index (χ1n) is 8.60. The lowest BCUT2D eigenvalue weighted by Crippen LogP contribution is -2.43. The summed E-state index contributed by atoms with van der Waals surface area (Å²) >= 11 is 0. The third-order valence-corrected chi connectivity index (χ3v) is 3.65. The van der Waals surface area contributed by atoms with Crippen molar-refractivity contribution in [1.82, 2.24) is 15.5 Å². The molecule has 1 rings (SSSR count). The largest absolute Gasteiger partial charge is 0.406 e. The molecule has 1 atom stereocenters. The van der Waals surface area contributed by atoms with Gasteiger partial charge in [0.05, 0.1) is 0 Å². The summed E-state index contributed by atoms with van der Waals surface area (Å²) in [6, 6.07) is 10.1. The highest BCUT2D eigenvalue weighted by molar-refractivity contribution is 14.0. The van der Waals surface area contributed by atoms with Crippen LogP contribution in [-0.2, 0) is 11.2 Å². The first-order valence-corrected chi connectivity index (χ1v) is 8.60. The molecule has 0 heterocycles. The smallest absolute Gasteiger partial charge is 0.357 e. The monoisotopic (exact) mass is 500 g/mol. The highest BCUT2D eigenvalue weighted by Gasteiger charge is 2.31. The van der Waals surface area contributed by atoms with E-state index in [0.717, 1.165) is 19.9 Å². The highest BCUT2D eigenvalue weighted by atomic mass is 127. The van der Waals surface area contributed by atoms with Crippen molar-refractivity contribution in [3.8, 4) is 0 Å². The zero-order valence-corrected chi connectivity index (χ0v) is 18.2. The van der Waals surface area contributed by atoms with E-state index < -0.39 is 18.6 Å². The summed E-state index contributed by atoms with van der Waals surface area (Å²) in [5.41, 5.74) is 1.23. The van der Waals surface area contributed by atoms with Gasteiger partial charge in [-0.15, -0.1) is 24.0 Å². The Morgan fingerprint density at radius 1 is 1.26 bits per heavy atom. The molecule has 0 spiro atoms. The standard InChI is InChI=1S/C18H27F3N4O.HI/c1-4-22-17(23-12-16(26)25(3)13-18(19,20)21)24-14(2)10-11-15-8-6-5-7-9-15;/h5-9,14H,4,10-13H2,1-3H3,(H2,22,23,24);1H. The molecule has 1 unspecified atom stereocenters. The molecule has 0 radical (unpaired) electrons. The second-order valence-electron chi connectivity index (χ2n) is 6.13. The number of alkyl halides is 3. The number of rotatable bonds is 8. The maximum Gasteiger partial charge on any atom is 0.406 e. The lowest BCUT2D eigenvalue weighted by molar-refractivity contribution is -0.157. The number of guanidine groups is 1. The molecular weight excluding hydrogens is 472 g/mol. The van der Waals surface area contributed by atoms with Crippen LogP contribution in [0.5, 0.6) is 0 Å². The molecule has 0 aliphatic carbocycles. The van der Waals surface area contributed by atoms with Gasteiger partial charge in [0.2, 0.25) is 5.91 Å². The van der Waals surface area contributed by atoms with E-state index in [0.29, 0.717) is 17.4 Å². The van der Waals surface area contributed by atoms with Gasteiger partial charge in [-0.1, -0.05) is 30.3 Å². The summed E-state index contributed by atoms with van der Waals surface area (Å²) in [5, 5.41) is 6.18. The van der Waals surface area contributed by atoms with Gasteiger partial charge >= 0.3 is 6.18 Å². The number of benzene rings is 1. The summed E-state index contributed by atoms with van der Waals surface area (Å²) in [6.07, 6.45) is -2.67. The van der Waals surface area contributed by atoms with Crippen LogP contribution in [0.1, 0.15) is 25.8 Å². The number of carbonyl (C=O) groups excluding carboxylic acids is 1. The molecule has 1 aromatic rings. The summed E-state index contributed by atoms with van der Waals surface area (Å²) in [6.45, 7) is 2.84. The zero-order valence-electron chi connectivity index (χ0n) is 15.8. The number of likely N-dealkylation sites (N-methyl/N-ethyl adjacent to an activating group) is 1. The van der Waals surface area contributed by atoms with Crippen molar-refractivity contribution in [3.05, 3.63) is 35.9 Å². The normalized spacial score (nSPS) is 12.7. The lowest BCUT2D eigenvalue weighted by Gasteiger charge is -2.20. The number of halogens is 4. The van der Waals surface area contributed by atoms with Crippen LogP contribution in [0.25, 0.3) is 0 Å². The van der Waals surface area contributed by atoms with Gasteiger partial charge in [-0.25, -0.2) is 4.99 Å². The summed E-state index contributed by atoms with van der Waals surface area (Å²) in [5.74, 6) is -0.265. The molecule has 0 aliphatic heterocycles. The quantitative estimate of drug-likeness (QED) is 0.328. The van der Waals surface area contributed by atoms with E-state index in [1.165, 1.54) is 5.56 Å². The number of carbonyl (C=O) groups is 1. The van der Waals surface area contributed by atoms with Crippen molar-refractivity contribution < 1.29 is 18.0 Å². The summed E-state index contributed by atoms with van der Waals surface area (Å²) in [4.78, 5) is 16.5. The number of hydrogen-bond donors (Lipinski definition) is 2. The molecular formula is C18H28F3IN4O. The number of aryl methyl sites for hydroxylation is 1. The van der Waals surface area contributed by atoms with Gasteiger partial charge in [0.15, 0.2) is 5.96 Å². The van der Waals surface area contributed by atoms with Crippen LogP contribution < -0.4 is 10.6 Å². The molecule has 2 N–H and O–H groups in total. The Hall–Kier alpha value is -1.52. The maximum absolute atomic E-state index is 12.3. The van der Waals surface area contributed by atoms with Crippen molar-refractivity contribution >= 4 is 35.8 Å². The fourth-order valence-electron chi connectivity index (χ4n) is 2.28. The van der Waals surface area contributed by atoms with Gasteiger partial charge in [0, 0.05) is 19.6 Å². The minimum Gasteiger partial charge on any atom is -0.357 e. The van der Waals surface area contributed by atoms with Crippen LogP contribution in [0.2, 0.25) is 0 Å². The predicted octanol–water partition coefficient (Wildman–Crippen LogP) is 3.20. The zero-order chi connectivity index (χ0) is 19.6. The minimum absolute atomic E-state index is 0. The SMILES string of the molecule is CCNC(=NCC(=O)N(C)CC(F)(F)F)NC(C)CCc1ccccc1.I. The van der Waals surface area contributed by atoms with E-state index in [9.17, 15) is 18.0 Å². The number of nitrogens with one attached hydrogen (secondary N) is 2. The molecule has 0 aliphatic rings. The number of amides is 1. The Bertz CT molecular complexity index is 582. The minimum atomic E-state index is -4.41. The van der Waals surface area contributed by atoms with Gasteiger partial charge in [0.25, 0.3) is 0 Å². The van der Waals surface area contributed by atoms with Crippen molar-refractivity contribution in [3.63, 3.8) is 0 Å². The van der Waals surface area contributed by atoms with Gasteiger partial charge in [0.1, 0.15) is 13.1 Å². The molecule has 0 fully saturated rings. The maximum atomic E-state index is 12.3. The molecule has 0 bridgehead atoms. The Labute approximate surface area is 175 Å². The van der Waals surface area contributed by atoms with Crippen molar-refractivity contribution in [2.24, 2.45) is 4.99 Å². The topological polar surface area (TPSA) is 56.7 Å². The van der Waals surface area contributed by atoms with Crippen molar-refractivity contribution in [2.75, 3.05) is 26.7 Å². The summed E-state index contributed by atoms with van der Waals surface area (Å²) in [7, 11) is 1.12. The van der Waals surface area contributed by atoms with Crippen LogP contribution in [0.4, 0.5) is 13.2 Å². The highest BCUT2D eigenvalue weighted by Crippen LogP contribution is 2.15. The number of aliphatic imine (C=N–C) groups is 1. The first kappa shape index (κ1) is 25.5. The first-order chi connectivity index (χ1) is 12.2. The molecule has 0 saturated heterocycles. The molecule has 5 nitrogen and oxygen atoms in total. The third kappa shape index (κ3) is 11.7. The number of hydrogen-bond acceptors (Lipinski definition) is 2. The van der Waals surface area contributed by atoms with Gasteiger partial charge < -0.3 is 15.5 Å². The Morgan fingerprint density at radius 2 is 1.89 bits per heavy atom. The fraction of sp³-hybridized carbons (Fsp3) is 0.556. The number of nitrogens with zero attached hydrogens (tertiary/aromatic N) is 2. The van der Waals surface area contributed by atoms with Crippen LogP contribution in [0.3, 0.4) is 0 Å². The van der Waals surface area contributed by atoms with Crippen molar-refractivity contribution in [2.45, 2.75) is 38.9 Å². The van der Waals surface area contributed by atoms with Crippen molar-refractivity contribution in [1.29, 1.82) is 0 Å². The van der Waals surface area contributed by atoms with Gasteiger partial charge in [-0.2, -0.15) is 13.2 Å². The van der Waals surface area contributed by atoms with Crippen LogP contribution in [-0.4, -0.2) is 55.7 Å². The van der Waals surface area contributed by atoms with E-state index in [4.69, 9.17) is 0 Å². The van der Waals surface area contributed by atoms with Crippen LogP contribution in [0, 0.1) is 0 Å². The van der Waals surface area contributed by atoms with E-state index in [-0.39, 0.29) is 36.6 Å². The molecule has 9 heteroatoms. The van der Waals surface area contributed by atoms with E-state index in [1.54, 1.807) is 0 Å². The molecule has 1 aromatic carbocycles. The molecule has 1 amide bonds. The lowest BCUT2D eigenvalue weighted by atomic mass is 10.1. The Kier molecular flexibility index (Phi) is 12.1. The molecule has 27 heavy (non-hydrogen) atoms. The van der Waals surface area contributed by atoms with Crippen LogP contribution in [0.15, 0.2) is 35.3 Å². The van der Waals surface area contributed by atoms with E-state index >= 15 is 0 Å². The van der Waals surface area contributed by atoms with E-state index in [1.807, 2.05) is 32.0 Å². The van der Waals surface area contributed by atoms with Gasteiger partial charge in [-0.3, -0.25) is 4.79 Å². The molecule has 154 valence electrons. The third-order valence-electron chi connectivity index (χ3n) is 3.65. The average molecular weight is 500 g/mol. The van der Waals surface area contributed by atoms with E-state index in [2.05, 4.69) is 27.8 Å². The summed E-state index contributed by atoms with van der Waals surface area (Å²) < 4.78 is 37.0. The fourth-order valence-corrected chi connectivity index (χ4v) is 2.28. The van der Waals surface area contributed by atoms with Crippen LogP contribution >= 0.6 is 24.0 Å². The second kappa shape index (κ2) is 12.8. The predicted molar refractivity (Wildman–Crippen MR) is 112 cm³/mol. The molecule has 0 saturated carbocycles. The molecule has 0 aromatic heterocycles. The van der Waals surface area contributed by atoms with Gasteiger partial charge in [-0.05, 0) is 32.3 Å². The Morgan fingerprint density at radius 3 is 2.44 bits per heavy atom. The average Bonchev–Trinajstić information content (AvgIpc) is 2.57. The second-order valence-corrected chi connectivity index (χ2v) is 6.13. The Balaban J connectivity index is 0.00000676.